The summed E-state index contributed by atoms with van der Waals surface area (Å²) in [7, 11) is 0. The van der Waals surface area contributed by atoms with Crippen molar-refractivity contribution in [2.45, 2.75) is 12.7 Å². The van der Waals surface area contributed by atoms with Crippen molar-refractivity contribution in [1.29, 1.82) is 10.5 Å². The summed E-state index contributed by atoms with van der Waals surface area (Å²) in [6.45, 7) is 0.176. The highest BCUT2D eigenvalue weighted by Gasteiger charge is 2.30. The molecule has 0 aliphatic heterocycles. The van der Waals surface area contributed by atoms with Crippen molar-refractivity contribution < 1.29 is 17.9 Å². The van der Waals surface area contributed by atoms with Crippen molar-refractivity contribution in [2.75, 3.05) is 12.3 Å². The molecular formula is C14H10F3N5O. The van der Waals surface area contributed by atoms with Crippen molar-refractivity contribution in [2.24, 2.45) is 0 Å². The Morgan fingerprint density at radius 3 is 2.35 bits per heavy atom. The summed E-state index contributed by atoms with van der Waals surface area (Å²) in [5, 5.41) is 17.8. The van der Waals surface area contributed by atoms with Gasteiger partial charge >= 0.3 is 6.18 Å². The van der Waals surface area contributed by atoms with E-state index in [0.717, 1.165) is 12.1 Å². The van der Waals surface area contributed by atoms with Crippen LogP contribution in [0.15, 0.2) is 24.3 Å². The van der Waals surface area contributed by atoms with E-state index < -0.39 is 11.7 Å². The topological polar surface area (TPSA) is 101 Å². The van der Waals surface area contributed by atoms with Gasteiger partial charge in [0.15, 0.2) is 11.4 Å². The summed E-state index contributed by atoms with van der Waals surface area (Å²) in [5.74, 6) is 0.241. The largest absolute Gasteiger partial charge is 0.492 e. The number of nitrogens with zero attached hydrogens (tertiary/aromatic N) is 4. The van der Waals surface area contributed by atoms with Crippen LogP contribution in [0.4, 0.5) is 19.1 Å². The Bertz CT molecular complexity index is 781. The zero-order chi connectivity index (χ0) is 17.0. The fraction of sp³-hybridized carbons (Fsp3) is 0.214. The van der Waals surface area contributed by atoms with Gasteiger partial charge in [-0.2, -0.15) is 23.7 Å². The average molecular weight is 321 g/mol. The fourth-order valence-electron chi connectivity index (χ4n) is 1.88. The lowest BCUT2D eigenvalue weighted by molar-refractivity contribution is -0.137. The maximum absolute atomic E-state index is 12.4. The first-order valence-electron chi connectivity index (χ1n) is 6.33. The van der Waals surface area contributed by atoms with E-state index in [1.165, 1.54) is 16.7 Å². The van der Waals surface area contributed by atoms with E-state index in [4.69, 9.17) is 21.0 Å². The number of nitrogen functional groups attached to an aromatic ring is 1. The van der Waals surface area contributed by atoms with Gasteiger partial charge in [0.05, 0.1) is 12.1 Å². The van der Waals surface area contributed by atoms with Crippen LogP contribution in [0.3, 0.4) is 0 Å². The van der Waals surface area contributed by atoms with Gasteiger partial charge in [-0.1, -0.05) is 0 Å². The number of anilines is 1. The molecule has 23 heavy (non-hydrogen) atoms. The van der Waals surface area contributed by atoms with E-state index in [-0.39, 0.29) is 36.2 Å². The summed E-state index contributed by atoms with van der Waals surface area (Å²) < 4.78 is 43.9. The Morgan fingerprint density at radius 2 is 1.83 bits per heavy atom. The van der Waals surface area contributed by atoms with Gasteiger partial charge in [-0.25, -0.2) is 4.98 Å². The predicted molar refractivity (Wildman–Crippen MR) is 73.0 cm³/mol. The quantitative estimate of drug-likeness (QED) is 0.931. The van der Waals surface area contributed by atoms with Gasteiger partial charge in [0, 0.05) is 0 Å². The Kier molecular flexibility index (Phi) is 4.42. The van der Waals surface area contributed by atoms with Crippen molar-refractivity contribution in [3.8, 4) is 17.9 Å². The zero-order valence-electron chi connectivity index (χ0n) is 11.6. The third-order valence-electron chi connectivity index (χ3n) is 2.97. The first-order valence-corrected chi connectivity index (χ1v) is 6.33. The fourth-order valence-corrected chi connectivity index (χ4v) is 1.88. The standard InChI is InChI=1S/C14H10F3N5O/c15-14(16,17)9-1-3-10(4-2-9)23-6-5-22-12(8-19)11(7-18)21-13(22)20/h1-4H,5-6H2,(H2,20,21). The number of halogens is 3. The number of nitrogens with two attached hydrogens (primary N) is 1. The number of aromatic nitrogens is 2. The van der Waals surface area contributed by atoms with Crippen LogP contribution in [0.25, 0.3) is 0 Å². The minimum atomic E-state index is -4.40. The molecule has 0 aliphatic rings. The lowest BCUT2D eigenvalue weighted by atomic mass is 10.2. The SMILES string of the molecule is N#Cc1nc(N)n(CCOc2ccc(C(F)(F)F)cc2)c1C#N. The van der Waals surface area contributed by atoms with Crippen LogP contribution < -0.4 is 10.5 Å². The van der Waals surface area contributed by atoms with Crippen molar-refractivity contribution in [1.82, 2.24) is 9.55 Å². The van der Waals surface area contributed by atoms with Gasteiger partial charge in [0.25, 0.3) is 0 Å². The summed E-state index contributed by atoms with van der Waals surface area (Å²) in [6, 6.07) is 7.81. The normalized spacial score (nSPS) is 10.8. The Morgan fingerprint density at radius 1 is 1.17 bits per heavy atom. The van der Waals surface area contributed by atoms with Crippen LogP contribution >= 0.6 is 0 Å². The summed E-state index contributed by atoms with van der Waals surface area (Å²) in [6.07, 6.45) is -4.40. The molecule has 1 aromatic heterocycles. The molecule has 2 rings (SSSR count). The smallest absolute Gasteiger partial charge is 0.416 e. The average Bonchev–Trinajstić information content (AvgIpc) is 2.82. The third kappa shape index (κ3) is 3.52. The number of hydrogen-bond donors (Lipinski definition) is 1. The molecule has 0 amide bonds. The molecule has 0 aliphatic carbocycles. The van der Waals surface area contributed by atoms with Gasteiger partial charge in [0.2, 0.25) is 5.95 Å². The molecule has 0 unspecified atom stereocenters. The highest BCUT2D eigenvalue weighted by molar-refractivity contribution is 5.43. The minimum absolute atomic E-state index is 0.00545. The molecule has 0 saturated carbocycles. The van der Waals surface area contributed by atoms with Crippen LogP contribution in [0, 0.1) is 22.7 Å². The van der Waals surface area contributed by atoms with E-state index >= 15 is 0 Å². The first kappa shape index (κ1) is 16.2. The number of nitriles is 2. The number of rotatable bonds is 4. The van der Waals surface area contributed by atoms with Crippen molar-refractivity contribution >= 4 is 5.95 Å². The molecule has 9 heteroatoms. The molecule has 0 bridgehead atoms. The molecule has 2 aromatic rings. The van der Waals surface area contributed by atoms with E-state index in [1.807, 2.05) is 6.07 Å². The molecule has 2 N–H and O–H groups in total. The van der Waals surface area contributed by atoms with Crippen LogP contribution in [-0.4, -0.2) is 16.2 Å². The first-order chi connectivity index (χ1) is 10.9. The van der Waals surface area contributed by atoms with Gasteiger partial charge in [-0.15, -0.1) is 0 Å². The molecule has 0 radical (unpaired) electrons. The van der Waals surface area contributed by atoms with Crippen molar-refractivity contribution in [3.05, 3.63) is 41.2 Å². The Balaban J connectivity index is 2.03. The number of ether oxygens (including phenoxy) is 1. The van der Waals surface area contributed by atoms with Crippen LogP contribution in [0.5, 0.6) is 5.75 Å². The molecule has 0 fully saturated rings. The number of imidazole rings is 1. The maximum Gasteiger partial charge on any atom is 0.416 e. The second-order valence-corrected chi connectivity index (χ2v) is 4.41. The monoisotopic (exact) mass is 321 g/mol. The van der Waals surface area contributed by atoms with E-state index in [1.54, 1.807) is 6.07 Å². The second kappa shape index (κ2) is 6.28. The molecule has 6 nitrogen and oxygen atoms in total. The van der Waals surface area contributed by atoms with Gasteiger partial charge in [0.1, 0.15) is 24.5 Å². The third-order valence-corrected chi connectivity index (χ3v) is 2.97. The lowest BCUT2D eigenvalue weighted by Gasteiger charge is -2.10. The van der Waals surface area contributed by atoms with Crippen LogP contribution in [-0.2, 0) is 12.7 Å². The van der Waals surface area contributed by atoms with Gasteiger partial charge in [-0.05, 0) is 24.3 Å². The van der Waals surface area contributed by atoms with Crippen LogP contribution in [0.1, 0.15) is 17.0 Å². The number of benzene rings is 1. The van der Waals surface area contributed by atoms with Gasteiger partial charge in [-0.3, -0.25) is 4.57 Å². The predicted octanol–water partition coefficient (Wildman–Crippen LogP) is 2.31. The number of hydrogen-bond acceptors (Lipinski definition) is 5. The highest BCUT2D eigenvalue weighted by Crippen LogP contribution is 2.30. The highest BCUT2D eigenvalue weighted by atomic mass is 19.4. The minimum Gasteiger partial charge on any atom is -0.492 e. The van der Waals surface area contributed by atoms with Crippen molar-refractivity contribution in [3.63, 3.8) is 0 Å². The Hall–Kier alpha value is -3.20. The number of alkyl halides is 3. The molecule has 0 atom stereocenters. The molecule has 0 saturated heterocycles. The van der Waals surface area contributed by atoms with E-state index in [9.17, 15) is 13.2 Å². The summed E-state index contributed by atoms with van der Waals surface area (Å²) in [5.41, 5.74) is 4.77. The molecule has 1 heterocycles. The lowest BCUT2D eigenvalue weighted by Crippen LogP contribution is -2.12. The zero-order valence-corrected chi connectivity index (χ0v) is 11.6. The summed E-state index contributed by atoms with van der Waals surface area (Å²) in [4.78, 5) is 3.74. The summed E-state index contributed by atoms with van der Waals surface area (Å²) >= 11 is 0. The van der Waals surface area contributed by atoms with Gasteiger partial charge < -0.3 is 10.5 Å². The van der Waals surface area contributed by atoms with Crippen LogP contribution in [0.2, 0.25) is 0 Å². The Labute approximate surface area is 129 Å². The molecule has 1 aromatic carbocycles. The molecular weight excluding hydrogens is 311 g/mol. The second-order valence-electron chi connectivity index (χ2n) is 4.41. The molecule has 118 valence electrons. The maximum atomic E-state index is 12.4. The van der Waals surface area contributed by atoms with E-state index in [0.29, 0.717) is 0 Å². The molecule has 0 spiro atoms. The van der Waals surface area contributed by atoms with E-state index in [2.05, 4.69) is 4.98 Å².